The van der Waals surface area contributed by atoms with Crippen LogP contribution in [0.2, 0.25) is 0 Å². The number of aliphatic carboxylic acids is 2. The van der Waals surface area contributed by atoms with E-state index in [1.807, 2.05) is 6.92 Å². The number of rotatable bonds is 11. The standard InChI is InChI=1S/C12H22O7S/c1-2-3-4-5-6-7-8-12(11(15)16,9-10(13)14)20(17,18)19/h2-9H2,1H3,(H,13,14)(H,15,16)(H,17,18,19). The summed E-state index contributed by atoms with van der Waals surface area (Å²) in [6.45, 7) is 2.04. The average Bonchev–Trinajstić information content (AvgIpc) is 2.29. The molecule has 0 aliphatic heterocycles. The van der Waals surface area contributed by atoms with Crippen molar-refractivity contribution in [2.75, 3.05) is 0 Å². The second kappa shape index (κ2) is 8.21. The van der Waals surface area contributed by atoms with Crippen LogP contribution in [-0.2, 0) is 19.7 Å². The third-order valence-electron chi connectivity index (χ3n) is 3.25. The normalized spacial score (nSPS) is 14.7. The van der Waals surface area contributed by atoms with Crippen LogP contribution in [-0.4, -0.2) is 39.9 Å². The van der Waals surface area contributed by atoms with E-state index in [2.05, 4.69) is 0 Å². The van der Waals surface area contributed by atoms with Crippen molar-refractivity contribution in [3.05, 3.63) is 0 Å². The van der Waals surface area contributed by atoms with Gasteiger partial charge in [-0.05, 0) is 6.42 Å². The average molecular weight is 310 g/mol. The summed E-state index contributed by atoms with van der Waals surface area (Å²) in [7, 11) is -5.00. The highest BCUT2D eigenvalue weighted by molar-refractivity contribution is 7.88. The Morgan fingerprint density at radius 1 is 1.00 bits per heavy atom. The molecule has 3 N–H and O–H groups in total. The molecule has 1 atom stereocenters. The van der Waals surface area contributed by atoms with Gasteiger partial charge in [0.25, 0.3) is 10.1 Å². The van der Waals surface area contributed by atoms with Crippen LogP contribution in [0.5, 0.6) is 0 Å². The van der Waals surface area contributed by atoms with E-state index in [0.717, 1.165) is 25.7 Å². The van der Waals surface area contributed by atoms with Crippen LogP contribution in [0, 0.1) is 0 Å². The van der Waals surface area contributed by atoms with E-state index < -0.39 is 39.6 Å². The number of carboxylic acid groups (broad SMARTS) is 2. The molecule has 0 saturated heterocycles. The molecule has 0 aromatic heterocycles. The number of hydrogen-bond acceptors (Lipinski definition) is 4. The number of carbonyl (C=O) groups is 2. The fourth-order valence-corrected chi connectivity index (χ4v) is 2.97. The Morgan fingerprint density at radius 3 is 1.90 bits per heavy atom. The van der Waals surface area contributed by atoms with Gasteiger partial charge in [0.15, 0.2) is 0 Å². The van der Waals surface area contributed by atoms with E-state index in [4.69, 9.17) is 14.8 Å². The van der Waals surface area contributed by atoms with Gasteiger partial charge in [0.05, 0.1) is 6.42 Å². The molecule has 0 radical (unpaired) electrons. The van der Waals surface area contributed by atoms with Gasteiger partial charge in [0.1, 0.15) is 0 Å². The smallest absolute Gasteiger partial charge is 0.328 e. The monoisotopic (exact) mass is 310 g/mol. The zero-order valence-electron chi connectivity index (χ0n) is 11.5. The lowest BCUT2D eigenvalue weighted by molar-refractivity contribution is -0.147. The molecule has 0 spiro atoms. The maximum Gasteiger partial charge on any atom is 0.328 e. The third-order valence-corrected chi connectivity index (χ3v) is 4.77. The molecule has 0 fully saturated rings. The molecule has 118 valence electrons. The lowest BCUT2D eigenvalue weighted by Crippen LogP contribution is -2.48. The van der Waals surface area contributed by atoms with Gasteiger partial charge in [-0.2, -0.15) is 8.42 Å². The summed E-state index contributed by atoms with van der Waals surface area (Å²) in [5.41, 5.74) is 0. The van der Waals surface area contributed by atoms with Crippen LogP contribution < -0.4 is 0 Å². The molecule has 1 unspecified atom stereocenters. The maximum atomic E-state index is 11.3. The Morgan fingerprint density at radius 2 is 1.50 bits per heavy atom. The molecule has 0 saturated carbocycles. The highest BCUT2D eigenvalue weighted by Gasteiger charge is 2.51. The van der Waals surface area contributed by atoms with E-state index in [-0.39, 0.29) is 6.42 Å². The first-order valence-corrected chi connectivity index (χ1v) is 8.03. The molecular formula is C12H22O7S. The van der Waals surface area contributed by atoms with E-state index in [1.54, 1.807) is 0 Å². The van der Waals surface area contributed by atoms with Crippen molar-refractivity contribution in [3.8, 4) is 0 Å². The molecule has 0 rings (SSSR count). The summed E-state index contributed by atoms with van der Waals surface area (Å²) in [4.78, 5) is 21.9. The largest absolute Gasteiger partial charge is 0.481 e. The topological polar surface area (TPSA) is 129 Å². The molecule has 0 aromatic carbocycles. The van der Waals surface area contributed by atoms with Crippen LogP contribution in [0.1, 0.15) is 58.3 Å². The summed E-state index contributed by atoms with van der Waals surface area (Å²) in [5.74, 6) is -3.40. The quantitative estimate of drug-likeness (QED) is 0.392. The van der Waals surface area contributed by atoms with Crippen molar-refractivity contribution in [3.63, 3.8) is 0 Å². The van der Waals surface area contributed by atoms with Crippen molar-refractivity contribution in [1.82, 2.24) is 0 Å². The third kappa shape index (κ3) is 5.46. The minimum absolute atomic E-state index is 0.239. The molecule has 8 heteroatoms. The Kier molecular flexibility index (Phi) is 7.74. The molecule has 0 aliphatic carbocycles. The molecule has 20 heavy (non-hydrogen) atoms. The van der Waals surface area contributed by atoms with Gasteiger partial charge in [0.2, 0.25) is 4.75 Å². The highest BCUT2D eigenvalue weighted by atomic mass is 32.2. The minimum Gasteiger partial charge on any atom is -0.481 e. The van der Waals surface area contributed by atoms with Gasteiger partial charge in [-0.15, -0.1) is 0 Å². The van der Waals surface area contributed by atoms with Crippen LogP contribution >= 0.6 is 0 Å². The molecule has 0 aromatic rings. The SMILES string of the molecule is CCCCCCCCC(CC(=O)O)(C(=O)O)S(=O)(=O)O. The first-order chi connectivity index (χ1) is 9.17. The summed E-state index contributed by atoms with van der Waals surface area (Å²) < 4.78 is 29.1. The fourth-order valence-electron chi connectivity index (χ4n) is 2.04. The van der Waals surface area contributed by atoms with Crippen molar-refractivity contribution >= 4 is 22.1 Å². The van der Waals surface area contributed by atoms with Crippen molar-refractivity contribution < 1.29 is 32.8 Å². The van der Waals surface area contributed by atoms with Gasteiger partial charge in [-0.1, -0.05) is 45.4 Å². The lowest BCUT2D eigenvalue weighted by Gasteiger charge is -2.24. The fraction of sp³-hybridized carbons (Fsp3) is 0.833. The van der Waals surface area contributed by atoms with Crippen LogP contribution in [0.15, 0.2) is 0 Å². The Balaban J connectivity index is 4.78. The Labute approximate surface area is 118 Å². The van der Waals surface area contributed by atoms with Crippen molar-refractivity contribution in [2.45, 2.75) is 63.0 Å². The molecule has 0 heterocycles. The molecular weight excluding hydrogens is 288 g/mol. The molecule has 0 amide bonds. The first kappa shape index (κ1) is 18.9. The minimum atomic E-state index is -5.00. The van der Waals surface area contributed by atoms with Gasteiger partial charge >= 0.3 is 11.9 Å². The molecule has 0 bridgehead atoms. The summed E-state index contributed by atoms with van der Waals surface area (Å²) in [6.07, 6.45) is 3.16. The number of carboxylic acids is 2. The van der Waals surface area contributed by atoms with Gasteiger partial charge < -0.3 is 10.2 Å². The molecule has 0 aliphatic rings. The van der Waals surface area contributed by atoms with Crippen LogP contribution in [0.4, 0.5) is 0 Å². The predicted octanol–water partition coefficient (Wildman–Crippen LogP) is 1.92. The summed E-state index contributed by atoms with van der Waals surface area (Å²) >= 11 is 0. The second-order valence-electron chi connectivity index (χ2n) is 4.86. The van der Waals surface area contributed by atoms with Crippen molar-refractivity contribution in [1.29, 1.82) is 0 Å². The van der Waals surface area contributed by atoms with Gasteiger partial charge in [0, 0.05) is 0 Å². The van der Waals surface area contributed by atoms with E-state index in [0.29, 0.717) is 6.42 Å². The number of unbranched alkanes of at least 4 members (excludes halogenated alkanes) is 5. The van der Waals surface area contributed by atoms with E-state index >= 15 is 0 Å². The number of hydrogen-bond donors (Lipinski definition) is 3. The van der Waals surface area contributed by atoms with Crippen LogP contribution in [0.3, 0.4) is 0 Å². The first-order valence-electron chi connectivity index (χ1n) is 6.59. The summed E-state index contributed by atoms with van der Waals surface area (Å²) in [6, 6.07) is 0. The van der Waals surface area contributed by atoms with E-state index in [9.17, 15) is 18.0 Å². The second-order valence-corrected chi connectivity index (χ2v) is 6.59. The Hall–Kier alpha value is -1.15. The molecule has 7 nitrogen and oxygen atoms in total. The Bertz CT molecular complexity index is 429. The van der Waals surface area contributed by atoms with Gasteiger partial charge in [-0.3, -0.25) is 14.1 Å². The zero-order valence-corrected chi connectivity index (χ0v) is 12.4. The van der Waals surface area contributed by atoms with Crippen LogP contribution in [0.25, 0.3) is 0 Å². The maximum absolute atomic E-state index is 11.3. The van der Waals surface area contributed by atoms with Crippen molar-refractivity contribution in [2.24, 2.45) is 0 Å². The predicted molar refractivity (Wildman–Crippen MR) is 72.2 cm³/mol. The lowest BCUT2D eigenvalue weighted by atomic mass is 9.96. The van der Waals surface area contributed by atoms with Gasteiger partial charge in [-0.25, -0.2) is 0 Å². The summed E-state index contributed by atoms with van der Waals surface area (Å²) in [5, 5.41) is 17.7. The zero-order chi connectivity index (χ0) is 15.8. The highest BCUT2D eigenvalue weighted by Crippen LogP contribution is 2.29. The van der Waals surface area contributed by atoms with E-state index in [1.165, 1.54) is 0 Å².